The fourth-order valence-electron chi connectivity index (χ4n) is 4.48. The van der Waals surface area contributed by atoms with Gasteiger partial charge in [0.25, 0.3) is 0 Å². The second-order valence-corrected chi connectivity index (χ2v) is 9.70. The van der Waals surface area contributed by atoms with Gasteiger partial charge in [-0.3, -0.25) is 4.98 Å². The van der Waals surface area contributed by atoms with E-state index in [1.165, 1.54) is 0 Å². The van der Waals surface area contributed by atoms with Crippen molar-refractivity contribution in [3.63, 3.8) is 0 Å². The van der Waals surface area contributed by atoms with Gasteiger partial charge >= 0.3 is 0 Å². The quantitative estimate of drug-likeness (QED) is 0.495. The lowest BCUT2D eigenvalue weighted by atomic mass is 9.96. The van der Waals surface area contributed by atoms with E-state index >= 15 is 0 Å². The van der Waals surface area contributed by atoms with Crippen LogP contribution in [0.15, 0.2) is 78.0 Å². The molecule has 1 aliphatic rings. The number of rotatable bonds is 3. The van der Waals surface area contributed by atoms with Crippen molar-refractivity contribution < 1.29 is 8.42 Å². The van der Waals surface area contributed by atoms with Crippen LogP contribution < -0.4 is 0 Å². The lowest BCUT2D eigenvalue weighted by Crippen LogP contribution is -2.42. The summed E-state index contributed by atoms with van der Waals surface area (Å²) in [6, 6.07) is 18.9. The van der Waals surface area contributed by atoms with Gasteiger partial charge in [-0.1, -0.05) is 42.0 Å². The van der Waals surface area contributed by atoms with Crippen LogP contribution in [0, 0.1) is 13.8 Å². The van der Waals surface area contributed by atoms with E-state index in [9.17, 15) is 8.42 Å². The summed E-state index contributed by atoms with van der Waals surface area (Å²) in [5.41, 5.74) is 4.77. The lowest BCUT2D eigenvalue weighted by molar-refractivity contribution is 0.298. The Morgan fingerprint density at radius 1 is 0.967 bits per heavy atom. The molecule has 2 aromatic carbocycles. The summed E-state index contributed by atoms with van der Waals surface area (Å²) in [5, 5.41) is 0.821. The van der Waals surface area contributed by atoms with Gasteiger partial charge in [0.15, 0.2) is 0 Å². The molecule has 1 unspecified atom stereocenters. The Bertz CT molecular complexity index is 1350. The van der Waals surface area contributed by atoms with Gasteiger partial charge in [0.1, 0.15) is 4.90 Å². The highest BCUT2D eigenvalue weighted by Crippen LogP contribution is 2.39. The molecule has 3 heterocycles. The third-order valence-corrected chi connectivity index (χ3v) is 7.79. The van der Waals surface area contributed by atoms with Gasteiger partial charge in [0, 0.05) is 36.6 Å². The van der Waals surface area contributed by atoms with Gasteiger partial charge in [-0.05, 0) is 49.2 Å². The molecule has 0 saturated carbocycles. The van der Waals surface area contributed by atoms with E-state index in [1.807, 2.05) is 36.5 Å². The Labute approximate surface area is 176 Å². The molecule has 30 heavy (non-hydrogen) atoms. The highest BCUT2D eigenvalue weighted by atomic mass is 32.2. The summed E-state index contributed by atoms with van der Waals surface area (Å²) in [7, 11) is -3.78. The first-order chi connectivity index (χ1) is 14.5. The van der Waals surface area contributed by atoms with Crippen molar-refractivity contribution in [3.8, 4) is 0 Å². The summed E-state index contributed by atoms with van der Waals surface area (Å²) in [5.74, 6) is 0. The van der Waals surface area contributed by atoms with Gasteiger partial charge in [-0.15, -0.1) is 0 Å². The SMILES string of the molecule is Cc1ccc(C2c3cccn3CCN2S(=O)(=O)c2cccc3cccnc23)c(C)c1. The van der Waals surface area contributed by atoms with Gasteiger partial charge in [-0.25, -0.2) is 8.42 Å². The number of pyridine rings is 1. The van der Waals surface area contributed by atoms with Crippen LogP contribution in [0.2, 0.25) is 0 Å². The Balaban J connectivity index is 1.72. The van der Waals surface area contributed by atoms with Gasteiger partial charge < -0.3 is 4.57 Å². The van der Waals surface area contributed by atoms with Crippen LogP contribution in [0.4, 0.5) is 0 Å². The zero-order valence-corrected chi connectivity index (χ0v) is 17.8. The van der Waals surface area contributed by atoms with E-state index in [1.54, 1.807) is 22.6 Å². The maximum absolute atomic E-state index is 14.0. The molecule has 0 N–H and O–H groups in total. The Morgan fingerprint density at radius 2 is 1.80 bits per heavy atom. The summed E-state index contributed by atoms with van der Waals surface area (Å²) in [4.78, 5) is 4.65. The van der Waals surface area contributed by atoms with Crippen molar-refractivity contribution in [2.75, 3.05) is 6.54 Å². The van der Waals surface area contributed by atoms with E-state index in [0.29, 0.717) is 18.6 Å². The first-order valence-corrected chi connectivity index (χ1v) is 11.5. The van der Waals surface area contributed by atoms with Crippen LogP contribution >= 0.6 is 0 Å². The summed E-state index contributed by atoms with van der Waals surface area (Å²) in [6.07, 6.45) is 3.67. The van der Waals surface area contributed by atoms with E-state index < -0.39 is 10.0 Å². The summed E-state index contributed by atoms with van der Waals surface area (Å²) < 4.78 is 31.7. The molecule has 0 saturated heterocycles. The minimum atomic E-state index is -3.78. The van der Waals surface area contributed by atoms with Gasteiger partial charge in [0.05, 0.1) is 11.6 Å². The van der Waals surface area contributed by atoms with Gasteiger partial charge in [0.2, 0.25) is 10.0 Å². The second-order valence-electron chi connectivity index (χ2n) is 7.84. The zero-order valence-electron chi connectivity index (χ0n) is 17.0. The normalized spacial score (nSPS) is 17.2. The van der Waals surface area contributed by atoms with Crippen LogP contribution in [0.3, 0.4) is 0 Å². The van der Waals surface area contributed by atoms with Crippen LogP contribution in [0.25, 0.3) is 10.9 Å². The third-order valence-electron chi connectivity index (χ3n) is 5.90. The molecule has 1 aliphatic heterocycles. The highest BCUT2D eigenvalue weighted by Gasteiger charge is 2.39. The molecule has 0 aliphatic carbocycles. The second kappa shape index (κ2) is 7.07. The fourth-order valence-corrected chi connectivity index (χ4v) is 6.22. The molecule has 6 heteroatoms. The smallest absolute Gasteiger partial charge is 0.246 e. The van der Waals surface area contributed by atoms with Crippen molar-refractivity contribution >= 4 is 20.9 Å². The van der Waals surface area contributed by atoms with Crippen molar-refractivity contribution in [2.24, 2.45) is 0 Å². The molecular formula is C24H23N3O2S. The first kappa shape index (κ1) is 19.0. The van der Waals surface area contributed by atoms with E-state index in [4.69, 9.17) is 0 Å². The van der Waals surface area contributed by atoms with Crippen LogP contribution in [-0.4, -0.2) is 28.8 Å². The predicted molar refractivity (Wildman–Crippen MR) is 118 cm³/mol. The summed E-state index contributed by atoms with van der Waals surface area (Å²) >= 11 is 0. The van der Waals surface area contributed by atoms with Crippen LogP contribution in [0.5, 0.6) is 0 Å². The maximum Gasteiger partial charge on any atom is 0.246 e. The van der Waals surface area contributed by atoms with Crippen molar-refractivity contribution in [1.82, 2.24) is 13.9 Å². The van der Waals surface area contributed by atoms with Crippen LogP contribution in [0.1, 0.15) is 28.4 Å². The number of para-hydroxylation sites is 1. The number of nitrogens with zero attached hydrogens (tertiary/aromatic N) is 3. The monoisotopic (exact) mass is 417 g/mol. The molecule has 1 atom stereocenters. The maximum atomic E-state index is 14.0. The fraction of sp³-hybridized carbons (Fsp3) is 0.208. The number of fused-ring (bicyclic) bond motifs is 2. The topological polar surface area (TPSA) is 55.2 Å². The minimum absolute atomic E-state index is 0.260. The zero-order chi connectivity index (χ0) is 20.9. The molecule has 2 aromatic heterocycles. The molecule has 0 amide bonds. The number of benzene rings is 2. The highest BCUT2D eigenvalue weighted by molar-refractivity contribution is 7.89. The number of aromatic nitrogens is 2. The van der Waals surface area contributed by atoms with Crippen LogP contribution in [-0.2, 0) is 16.6 Å². The Kier molecular flexibility index (Phi) is 4.49. The van der Waals surface area contributed by atoms with E-state index in [2.05, 4.69) is 41.6 Å². The predicted octanol–water partition coefficient (Wildman–Crippen LogP) is 4.45. The number of sulfonamides is 1. The van der Waals surface area contributed by atoms with Crippen molar-refractivity contribution in [2.45, 2.75) is 31.3 Å². The number of aryl methyl sites for hydroxylation is 2. The third kappa shape index (κ3) is 2.95. The van der Waals surface area contributed by atoms with E-state index in [-0.39, 0.29) is 10.9 Å². The molecule has 5 rings (SSSR count). The molecule has 5 nitrogen and oxygen atoms in total. The summed E-state index contributed by atoms with van der Waals surface area (Å²) in [6.45, 7) is 5.14. The molecule has 0 fully saturated rings. The van der Waals surface area contributed by atoms with E-state index in [0.717, 1.165) is 27.8 Å². The number of hydrogen-bond acceptors (Lipinski definition) is 3. The molecule has 0 radical (unpaired) electrons. The Hall–Kier alpha value is -2.96. The average Bonchev–Trinajstić information content (AvgIpc) is 3.22. The largest absolute Gasteiger partial charge is 0.348 e. The molecular weight excluding hydrogens is 394 g/mol. The standard InChI is InChI=1S/C24H23N3O2S/c1-17-10-11-20(18(2)16-17)24-21-8-5-13-26(21)14-15-27(24)30(28,29)22-9-3-6-19-7-4-12-25-23(19)22/h3-13,16,24H,14-15H2,1-2H3. The molecule has 0 spiro atoms. The minimum Gasteiger partial charge on any atom is -0.348 e. The Morgan fingerprint density at radius 3 is 2.63 bits per heavy atom. The lowest BCUT2D eigenvalue weighted by Gasteiger charge is -2.37. The average molecular weight is 418 g/mol. The van der Waals surface area contributed by atoms with Crippen molar-refractivity contribution in [3.05, 3.63) is 95.4 Å². The molecule has 0 bridgehead atoms. The van der Waals surface area contributed by atoms with Crippen molar-refractivity contribution in [1.29, 1.82) is 0 Å². The first-order valence-electron chi connectivity index (χ1n) is 10.0. The number of hydrogen-bond donors (Lipinski definition) is 0. The molecule has 152 valence electrons. The van der Waals surface area contributed by atoms with Gasteiger partial charge in [-0.2, -0.15) is 4.31 Å². The molecule has 4 aromatic rings.